The van der Waals surface area contributed by atoms with Crippen molar-refractivity contribution in [2.75, 3.05) is 5.01 Å². The van der Waals surface area contributed by atoms with Gasteiger partial charge in [-0.2, -0.15) is 26.3 Å². The van der Waals surface area contributed by atoms with Crippen molar-refractivity contribution in [3.8, 4) is 11.1 Å². The SMILES string of the molecule is C=CC(=O)N(c1cccc(-c2ccc(C(F)(F)F)cc2)c1)[n+]1ccc(C(F)(F)F)cc1. The number of alkyl halides is 6. The number of pyridine rings is 1. The number of anilines is 1. The number of amides is 1. The van der Waals surface area contributed by atoms with E-state index in [2.05, 4.69) is 6.58 Å². The third kappa shape index (κ3) is 4.93. The molecule has 0 saturated heterocycles. The van der Waals surface area contributed by atoms with Crippen LogP contribution in [0.2, 0.25) is 0 Å². The van der Waals surface area contributed by atoms with E-state index in [0.29, 0.717) is 11.1 Å². The van der Waals surface area contributed by atoms with Gasteiger partial charge in [0.15, 0.2) is 0 Å². The average Bonchev–Trinajstić information content (AvgIpc) is 2.73. The monoisotopic (exact) mass is 437 g/mol. The maximum atomic E-state index is 12.8. The van der Waals surface area contributed by atoms with Crippen LogP contribution in [0.4, 0.5) is 32.0 Å². The molecule has 0 aliphatic heterocycles. The Morgan fingerprint density at radius 2 is 1.35 bits per heavy atom. The Morgan fingerprint density at radius 1 is 0.806 bits per heavy atom. The van der Waals surface area contributed by atoms with Gasteiger partial charge in [-0.1, -0.05) is 40.5 Å². The van der Waals surface area contributed by atoms with Gasteiger partial charge in [-0.25, -0.2) is 0 Å². The first kappa shape index (κ1) is 22.1. The van der Waals surface area contributed by atoms with Crippen LogP contribution in [0.25, 0.3) is 11.1 Å². The zero-order valence-corrected chi connectivity index (χ0v) is 15.8. The summed E-state index contributed by atoms with van der Waals surface area (Å²) < 4.78 is 78.0. The molecule has 31 heavy (non-hydrogen) atoms. The highest BCUT2D eigenvalue weighted by Crippen LogP contribution is 2.32. The van der Waals surface area contributed by atoms with Crippen molar-refractivity contribution in [1.82, 2.24) is 0 Å². The highest BCUT2D eigenvalue weighted by atomic mass is 19.4. The normalized spacial score (nSPS) is 11.8. The molecule has 0 saturated carbocycles. The first-order valence-corrected chi connectivity index (χ1v) is 8.84. The summed E-state index contributed by atoms with van der Waals surface area (Å²) in [5, 5.41) is 1.08. The second kappa shape index (κ2) is 8.25. The van der Waals surface area contributed by atoms with Crippen LogP contribution in [-0.2, 0) is 17.1 Å². The molecule has 0 bridgehead atoms. The Hall–Kier alpha value is -3.62. The van der Waals surface area contributed by atoms with Crippen LogP contribution in [0.1, 0.15) is 11.1 Å². The molecular formula is C22H15F6N2O+. The lowest BCUT2D eigenvalue weighted by Crippen LogP contribution is -2.56. The van der Waals surface area contributed by atoms with E-state index in [4.69, 9.17) is 0 Å². The van der Waals surface area contributed by atoms with Gasteiger partial charge in [-0.05, 0) is 35.4 Å². The maximum Gasteiger partial charge on any atom is 0.416 e. The van der Waals surface area contributed by atoms with Gasteiger partial charge in [0.1, 0.15) is 5.69 Å². The average molecular weight is 437 g/mol. The third-order valence-electron chi connectivity index (χ3n) is 4.39. The maximum absolute atomic E-state index is 12.8. The minimum atomic E-state index is -4.53. The first-order valence-electron chi connectivity index (χ1n) is 8.84. The minimum Gasteiger partial charge on any atom is -0.263 e. The number of carbonyl (C=O) groups excluding carboxylic acids is 1. The lowest BCUT2D eigenvalue weighted by Gasteiger charge is -2.16. The van der Waals surface area contributed by atoms with Gasteiger partial charge in [0, 0.05) is 18.2 Å². The molecule has 2 aromatic carbocycles. The molecule has 0 radical (unpaired) electrons. The molecule has 1 amide bonds. The van der Waals surface area contributed by atoms with E-state index in [1.807, 2.05) is 0 Å². The topological polar surface area (TPSA) is 24.2 Å². The summed E-state index contributed by atoms with van der Waals surface area (Å²) in [6, 6.07) is 12.4. The molecule has 0 atom stereocenters. The van der Waals surface area contributed by atoms with E-state index in [1.165, 1.54) is 18.2 Å². The molecule has 1 aromatic heterocycles. The summed E-state index contributed by atoms with van der Waals surface area (Å²) in [7, 11) is 0. The van der Waals surface area contributed by atoms with Gasteiger partial charge in [-0.3, -0.25) is 4.79 Å². The van der Waals surface area contributed by atoms with E-state index in [9.17, 15) is 31.1 Å². The molecule has 0 unspecified atom stereocenters. The predicted molar refractivity (Wildman–Crippen MR) is 102 cm³/mol. The van der Waals surface area contributed by atoms with E-state index >= 15 is 0 Å². The Morgan fingerprint density at radius 3 is 1.87 bits per heavy atom. The first-order chi connectivity index (χ1) is 14.5. The number of hydrogen-bond acceptors (Lipinski definition) is 1. The quantitative estimate of drug-likeness (QED) is 0.294. The highest BCUT2D eigenvalue weighted by Gasteiger charge is 2.33. The molecule has 3 rings (SSSR count). The van der Waals surface area contributed by atoms with Crippen molar-refractivity contribution in [3.05, 3.63) is 96.8 Å². The van der Waals surface area contributed by atoms with E-state index in [0.717, 1.165) is 52.4 Å². The molecule has 0 spiro atoms. The zero-order chi connectivity index (χ0) is 22.8. The fourth-order valence-corrected chi connectivity index (χ4v) is 2.87. The summed E-state index contributed by atoms with van der Waals surface area (Å²) >= 11 is 0. The molecular weight excluding hydrogens is 422 g/mol. The van der Waals surface area contributed by atoms with Gasteiger partial charge < -0.3 is 0 Å². The Labute approximate surface area is 173 Å². The van der Waals surface area contributed by atoms with Crippen LogP contribution in [0.5, 0.6) is 0 Å². The van der Waals surface area contributed by atoms with E-state index < -0.39 is 29.4 Å². The predicted octanol–water partition coefficient (Wildman–Crippen LogP) is 5.66. The van der Waals surface area contributed by atoms with Crippen molar-refractivity contribution in [1.29, 1.82) is 0 Å². The summed E-state index contributed by atoms with van der Waals surface area (Å²) in [6.45, 7) is 3.41. The number of rotatable bonds is 4. The molecule has 0 N–H and O–H groups in total. The number of hydrogen-bond donors (Lipinski definition) is 0. The molecule has 0 aliphatic rings. The molecule has 3 nitrogen and oxygen atoms in total. The van der Waals surface area contributed by atoms with Gasteiger partial charge in [-0.15, -0.1) is 0 Å². The van der Waals surface area contributed by atoms with Crippen LogP contribution in [0.3, 0.4) is 0 Å². The van der Waals surface area contributed by atoms with Crippen molar-refractivity contribution >= 4 is 11.6 Å². The van der Waals surface area contributed by atoms with Crippen LogP contribution in [-0.4, -0.2) is 5.91 Å². The lowest BCUT2D eigenvalue weighted by atomic mass is 10.0. The largest absolute Gasteiger partial charge is 0.416 e. The molecule has 0 fully saturated rings. The third-order valence-corrected chi connectivity index (χ3v) is 4.39. The minimum absolute atomic E-state index is 0.284. The van der Waals surface area contributed by atoms with Crippen LogP contribution in [0, 0.1) is 0 Å². The van der Waals surface area contributed by atoms with Crippen LogP contribution >= 0.6 is 0 Å². The molecule has 0 aliphatic carbocycles. The zero-order valence-electron chi connectivity index (χ0n) is 15.8. The van der Waals surface area contributed by atoms with Crippen LogP contribution in [0.15, 0.2) is 85.7 Å². The number of benzene rings is 2. The fraction of sp³-hybridized carbons (Fsp3) is 0.0909. The molecule has 1 heterocycles. The Bertz CT molecular complexity index is 1090. The van der Waals surface area contributed by atoms with Crippen molar-refractivity contribution in [2.24, 2.45) is 0 Å². The smallest absolute Gasteiger partial charge is 0.263 e. The number of carbonyl (C=O) groups is 1. The Kier molecular flexibility index (Phi) is 5.88. The molecule has 9 heteroatoms. The summed E-state index contributed by atoms with van der Waals surface area (Å²) in [4.78, 5) is 12.4. The van der Waals surface area contributed by atoms with Crippen molar-refractivity contribution in [3.63, 3.8) is 0 Å². The van der Waals surface area contributed by atoms with Gasteiger partial charge in [0.05, 0.1) is 11.1 Å². The van der Waals surface area contributed by atoms with E-state index in [1.54, 1.807) is 18.2 Å². The highest BCUT2D eigenvalue weighted by molar-refractivity contribution is 5.99. The Balaban J connectivity index is 2.00. The van der Waals surface area contributed by atoms with Gasteiger partial charge >= 0.3 is 18.3 Å². The molecule has 160 valence electrons. The van der Waals surface area contributed by atoms with Crippen LogP contribution < -0.4 is 9.69 Å². The summed E-state index contributed by atoms with van der Waals surface area (Å²) in [5.74, 6) is -0.616. The summed E-state index contributed by atoms with van der Waals surface area (Å²) in [5.41, 5.74) is -0.407. The van der Waals surface area contributed by atoms with Gasteiger partial charge in [0.25, 0.3) is 0 Å². The number of aromatic nitrogens is 1. The van der Waals surface area contributed by atoms with Crippen molar-refractivity contribution < 1.29 is 35.8 Å². The standard InChI is InChI=1S/C22H15F6N2O/c1-2-20(31)30(29-12-10-18(11-13-29)22(26,27)28)19-5-3-4-16(14-19)15-6-8-17(9-7-15)21(23,24)25/h2-14H,1H2/q+1. The van der Waals surface area contributed by atoms with E-state index in [-0.39, 0.29) is 5.69 Å². The second-order valence-electron chi connectivity index (χ2n) is 6.44. The molecule has 3 aromatic rings. The summed E-state index contributed by atoms with van der Waals surface area (Å²) in [6.07, 6.45) is -5.85. The fourth-order valence-electron chi connectivity index (χ4n) is 2.87. The van der Waals surface area contributed by atoms with Crippen molar-refractivity contribution in [2.45, 2.75) is 12.4 Å². The number of halogens is 6. The second-order valence-corrected chi connectivity index (χ2v) is 6.44. The van der Waals surface area contributed by atoms with Gasteiger partial charge in [0.2, 0.25) is 12.4 Å². The lowest BCUT2D eigenvalue weighted by molar-refractivity contribution is -0.674. The number of nitrogens with zero attached hydrogens (tertiary/aromatic N) is 2.